The Hall–Kier alpha value is -2.38. The SMILES string of the molecule is COCc1nnc([C@H]2CC[C@H](C3N=CC=NC3=O)CC2)n1-c1ccc(Cl)cc1. The van der Waals surface area contributed by atoms with Crippen LogP contribution in [0.1, 0.15) is 43.3 Å². The van der Waals surface area contributed by atoms with Gasteiger partial charge in [0.15, 0.2) is 5.82 Å². The number of hydrogen-bond donors (Lipinski definition) is 0. The van der Waals surface area contributed by atoms with Crippen molar-refractivity contribution in [2.45, 2.75) is 44.2 Å². The van der Waals surface area contributed by atoms with Gasteiger partial charge in [-0.15, -0.1) is 10.2 Å². The number of aliphatic imine (C=N–C) groups is 2. The fourth-order valence-electron chi connectivity index (χ4n) is 4.08. The van der Waals surface area contributed by atoms with Crippen LogP contribution in [0.4, 0.5) is 0 Å². The number of halogens is 1. The van der Waals surface area contributed by atoms with Crippen LogP contribution in [0.5, 0.6) is 0 Å². The molecule has 0 N–H and O–H groups in total. The minimum atomic E-state index is -0.330. The zero-order chi connectivity index (χ0) is 19.5. The largest absolute Gasteiger partial charge is 0.377 e. The number of hydrogen-bond acceptors (Lipinski definition) is 5. The summed E-state index contributed by atoms with van der Waals surface area (Å²) in [7, 11) is 1.65. The highest BCUT2D eigenvalue weighted by Gasteiger charge is 2.34. The highest BCUT2D eigenvalue weighted by atomic mass is 35.5. The number of rotatable bonds is 5. The molecule has 0 radical (unpaired) electrons. The molecule has 2 aromatic rings. The molecule has 8 heteroatoms. The summed E-state index contributed by atoms with van der Waals surface area (Å²) in [6.45, 7) is 0.383. The van der Waals surface area contributed by atoms with E-state index in [0.29, 0.717) is 11.6 Å². The zero-order valence-electron chi connectivity index (χ0n) is 15.7. The van der Waals surface area contributed by atoms with E-state index >= 15 is 0 Å². The van der Waals surface area contributed by atoms with Crippen molar-refractivity contribution < 1.29 is 9.53 Å². The summed E-state index contributed by atoms with van der Waals surface area (Å²) in [5.41, 5.74) is 0.972. The fraction of sp³-hybridized carbons (Fsp3) is 0.450. The van der Waals surface area contributed by atoms with Gasteiger partial charge in [-0.3, -0.25) is 14.4 Å². The summed E-state index contributed by atoms with van der Waals surface area (Å²) >= 11 is 6.05. The molecule has 1 aromatic carbocycles. The number of carbonyl (C=O) groups excluding carboxylic acids is 1. The molecule has 1 atom stereocenters. The summed E-state index contributed by atoms with van der Waals surface area (Å²) in [5.74, 6) is 2.09. The van der Waals surface area contributed by atoms with Gasteiger partial charge in [-0.2, -0.15) is 0 Å². The molecule has 1 saturated carbocycles. The number of methoxy groups -OCH3 is 1. The summed E-state index contributed by atoms with van der Waals surface area (Å²) in [4.78, 5) is 20.3. The minimum absolute atomic E-state index is 0.127. The van der Waals surface area contributed by atoms with Gasteiger partial charge in [0.25, 0.3) is 5.91 Å². The Labute approximate surface area is 168 Å². The van der Waals surface area contributed by atoms with Crippen LogP contribution < -0.4 is 0 Å². The molecule has 1 amide bonds. The molecule has 1 fully saturated rings. The quantitative estimate of drug-likeness (QED) is 0.771. The number of ether oxygens (including phenoxy) is 1. The Kier molecular flexibility index (Phi) is 5.64. The van der Waals surface area contributed by atoms with Gasteiger partial charge in [-0.05, 0) is 55.9 Å². The normalized spacial score (nSPS) is 24.6. The maximum Gasteiger partial charge on any atom is 0.270 e. The van der Waals surface area contributed by atoms with Crippen LogP contribution in [0.3, 0.4) is 0 Å². The minimum Gasteiger partial charge on any atom is -0.377 e. The van der Waals surface area contributed by atoms with Crippen LogP contribution >= 0.6 is 11.6 Å². The number of amides is 1. The highest BCUT2D eigenvalue weighted by Crippen LogP contribution is 2.38. The van der Waals surface area contributed by atoms with Crippen molar-refractivity contribution in [1.29, 1.82) is 0 Å². The van der Waals surface area contributed by atoms with Crippen LogP contribution in [0.25, 0.3) is 5.69 Å². The first-order valence-corrected chi connectivity index (χ1v) is 9.84. The topological polar surface area (TPSA) is 81.7 Å². The summed E-state index contributed by atoms with van der Waals surface area (Å²) in [5, 5.41) is 9.54. The van der Waals surface area contributed by atoms with E-state index in [1.54, 1.807) is 13.3 Å². The van der Waals surface area contributed by atoms with Crippen molar-refractivity contribution in [2.75, 3.05) is 7.11 Å². The van der Waals surface area contributed by atoms with Crippen molar-refractivity contribution in [2.24, 2.45) is 15.9 Å². The highest BCUT2D eigenvalue weighted by molar-refractivity contribution is 6.30. The molecule has 1 unspecified atom stereocenters. The van der Waals surface area contributed by atoms with E-state index in [9.17, 15) is 4.79 Å². The first-order valence-electron chi connectivity index (χ1n) is 9.46. The van der Waals surface area contributed by atoms with Crippen LogP contribution in [0.2, 0.25) is 5.02 Å². The Morgan fingerprint density at radius 3 is 2.54 bits per heavy atom. The second-order valence-corrected chi connectivity index (χ2v) is 7.63. The average molecular weight is 400 g/mol. The van der Waals surface area contributed by atoms with Gasteiger partial charge >= 0.3 is 0 Å². The maximum absolute atomic E-state index is 12.0. The molecule has 0 bridgehead atoms. The van der Waals surface area contributed by atoms with Crippen LogP contribution in [-0.4, -0.2) is 46.3 Å². The van der Waals surface area contributed by atoms with Gasteiger partial charge in [-0.1, -0.05) is 11.6 Å². The summed E-state index contributed by atoms with van der Waals surface area (Å²) in [6.07, 6.45) is 6.81. The second kappa shape index (κ2) is 8.32. The molecule has 28 heavy (non-hydrogen) atoms. The molecule has 7 nitrogen and oxygen atoms in total. The van der Waals surface area contributed by atoms with E-state index in [-0.39, 0.29) is 23.8 Å². The van der Waals surface area contributed by atoms with Gasteiger partial charge in [0.1, 0.15) is 18.5 Å². The lowest BCUT2D eigenvalue weighted by Gasteiger charge is -2.31. The van der Waals surface area contributed by atoms with Gasteiger partial charge in [0, 0.05) is 36.2 Å². The van der Waals surface area contributed by atoms with Crippen LogP contribution in [-0.2, 0) is 16.1 Å². The zero-order valence-corrected chi connectivity index (χ0v) is 16.4. The second-order valence-electron chi connectivity index (χ2n) is 7.19. The van der Waals surface area contributed by atoms with Crippen LogP contribution in [0.15, 0.2) is 34.3 Å². The summed E-state index contributed by atoms with van der Waals surface area (Å²) < 4.78 is 7.37. The summed E-state index contributed by atoms with van der Waals surface area (Å²) in [6, 6.07) is 7.33. The molecule has 0 spiro atoms. The smallest absolute Gasteiger partial charge is 0.270 e. The number of carbonyl (C=O) groups is 1. The lowest BCUT2D eigenvalue weighted by atomic mass is 9.78. The predicted molar refractivity (Wildman–Crippen MR) is 108 cm³/mol. The lowest BCUT2D eigenvalue weighted by Crippen LogP contribution is -2.32. The molecule has 1 aliphatic heterocycles. The van der Waals surface area contributed by atoms with Crippen molar-refractivity contribution in [1.82, 2.24) is 14.8 Å². The molecule has 4 rings (SSSR count). The van der Waals surface area contributed by atoms with Crippen LogP contribution in [0, 0.1) is 5.92 Å². The van der Waals surface area contributed by atoms with E-state index < -0.39 is 0 Å². The third kappa shape index (κ3) is 3.77. The van der Waals surface area contributed by atoms with E-state index in [1.165, 1.54) is 6.21 Å². The average Bonchev–Trinajstić information content (AvgIpc) is 3.13. The monoisotopic (exact) mass is 399 g/mol. The van der Waals surface area contributed by atoms with E-state index in [1.807, 2.05) is 24.3 Å². The van der Waals surface area contributed by atoms with Gasteiger partial charge in [0.2, 0.25) is 0 Å². The standard InChI is InChI=1S/C20H22ClN5O2/c1-28-12-17-24-25-19(26(17)16-8-6-15(21)7-9-16)14-4-2-13(3-5-14)18-20(27)23-11-10-22-18/h6-11,13-14,18H,2-5,12H2,1H3/t13-,14-,18?. The molecular weight excluding hydrogens is 378 g/mol. The molecule has 2 aliphatic rings. The molecule has 2 heterocycles. The Morgan fingerprint density at radius 1 is 1.11 bits per heavy atom. The first-order chi connectivity index (χ1) is 13.7. The molecule has 0 saturated heterocycles. The first kappa shape index (κ1) is 19.0. The maximum atomic E-state index is 12.0. The van der Waals surface area contributed by atoms with E-state index in [2.05, 4.69) is 24.7 Å². The van der Waals surface area contributed by atoms with E-state index in [4.69, 9.17) is 16.3 Å². The Bertz CT molecular complexity index is 898. The van der Waals surface area contributed by atoms with Gasteiger partial charge in [0.05, 0.1) is 0 Å². The van der Waals surface area contributed by atoms with Gasteiger partial charge in [-0.25, -0.2) is 4.99 Å². The Balaban J connectivity index is 1.55. The predicted octanol–water partition coefficient (Wildman–Crippen LogP) is 3.39. The molecule has 1 aromatic heterocycles. The van der Waals surface area contributed by atoms with Crippen molar-refractivity contribution in [3.05, 3.63) is 40.9 Å². The fourth-order valence-corrected chi connectivity index (χ4v) is 4.21. The molecule has 1 aliphatic carbocycles. The number of nitrogens with zero attached hydrogens (tertiary/aromatic N) is 5. The third-order valence-corrected chi connectivity index (χ3v) is 5.72. The lowest BCUT2D eigenvalue weighted by molar-refractivity contribution is -0.120. The van der Waals surface area contributed by atoms with Crippen molar-refractivity contribution in [3.63, 3.8) is 0 Å². The number of benzene rings is 1. The van der Waals surface area contributed by atoms with E-state index in [0.717, 1.165) is 43.0 Å². The molecular formula is C20H22ClN5O2. The molecule has 146 valence electrons. The van der Waals surface area contributed by atoms with Crippen molar-refractivity contribution >= 4 is 29.9 Å². The third-order valence-electron chi connectivity index (χ3n) is 5.46. The van der Waals surface area contributed by atoms with Gasteiger partial charge < -0.3 is 4.74 Å². The van der Waals surface area contributed by atoms with Crippen molar-refractivity contribution in [3.8, 4) is 5.69 Å². The Morgan fingerprint density at radius 2 is 1.86 bits per heavy atom. The number of aromatic nitrogens is 3.